The van der Waals surface area contributed by atoms with Crippen LogP contribution in [0.15, 0.2) is 24.4 Å². The second-order valence-electron chi connectivity index (χ2n) is 3.95. The first-order chi connectivity index (χ1) is 7.08. The molecule has 0 spiro atoms. The van der Waals surface area contributed by atoms with Gasteiger partial charge in [-0.2, -0.15) is 0 Å². The molecule has 0 unspecified atom stereocenters. The lowest BCUT2D eigenvalue weighted by atomic mass is 10.1. The maximum atomic E-state index is 9.58. The Bertz CT molecular complexity index is 506. The van der Waals surface area contributed by atoms with Crippen LogP contribution in [-0.2, 0) is 0 Å². The summed E-state index contributed by atoms with van der Waals surface area (Å²) in [6.07, 6.45) is 1.64. The van der Waals surface area contributed by atoms with Crippen LogP contribution in [0.5, 0.6) is 11.5 Å². The van der Waals surface area contributed by atoms with Crippen molar-refractivity contribution in [2.75, 3.05) is 0 Å². The van der Waals surface area contributed by atoms with E-state index in [1.165, 1.54) is 6.07 Å². The fourth-order valence-corrected chi connectivity index (χ4v) is 1.56. The monoisotopic (exact) mass is 203 g/mol. The topological polar surface area (TPSA) is 53.4 Å². The number of aromatic hydroxyl groups is 2. The van der Waals surface area contributed by atoms with Gasteiger partial charge in [0.2, 0.25) is 0 Å². The predicted octanol–water partition coefficient (Wildman–Crippen LogP) is 2.77. The first kappa shape index (κ1) is 9.77. The van der Waals surface area contributed by atoms with Gasteiger partial charge >= 0.3 is 0 Å². The number of aromatic nitrogens is 1. The van der Waals surface area contributed by atoms with Crippen molar-refractivity contribution in [3.05, 3.63) is 30.1 Å². The van der Waals surface area contributed by atoms with Crippen molar-refractivity contribution in [1.29, 1.82) is 0 Å². The molecule has 0 fully saturated rings. The van der Waals surface area contributed by atoms with Gasteiger partial charge in [0.25, 0.3) is 0 Å². The van der Waals surface area contributed by atoms with Crippen LogP contribution in [0.1, 0.15) is 25.5 Å². The zero-order chi connectivity index (χ0) is 11.0. The maximum Gasteiger partial charge on any atom is 0.128 e. The molecule has 2 rings (SSSR count). The highest BCUT2D eigenvalue weighted by Crippen LogP contribution is 2.30. The standard InChI is InChI=1S/C12H13NO2/c1-7(2)11-4-8-3-9(14)5-12(15)10(8)6-13-11/h3-7,14-15H,1-2H3. The molecule has 3 nitrogen and oxygen atoms in total. The van der Waals surface area contributed by atoms with E-state index in [1.54, 1.807) is 12.3 Å². The average Bonchev–Trinajstić information content (AvgIpc) is 2.16. The van der Waals surface area contributed by atoms with Gasteiger partial charge in [0.15, 0.2) is 0 Å². The number of hydrogen-bond acceptors (Lipinski definition) is 3. The van der Waals surface area contributed by atoms with Crippen molar-refractivity contribution in [3.8, 4) is 11.5 Å². The molecule has 2 N–H and O–H groups in total. The molecule has 3 heteroatoms. The van der Waals surface area contributed by atoms with Gasteiger partial charge in [-0.3, -0.25) is 4.98 Å². The highest BCUT2D eigenvalue weighted by atomic mass is 16.3. The Labute approximate surface area is 88.0 Å². The van der Waals surface area contributed by atoms with E-state index in [1.807, 2.05) is 6.07 Å². The fraction of sp³-hybridized carbons (Fsp3) is 0.250. The van der Waals surface area contributed by atoms with Gasteiger partial charge in [-0.15, -0.1) is 0 Å². The van der Waals surface area contributed by atoms with Crippen molar-refractivity contribution < 1.29 is 10.2 Å². The molecule has 1 heterocycles. The van der Waals surface area contributed by atoms with Crippen molar-refractivity contribution in [2.45, 2.75) is 19.8 Å². The van der Waals surface area contributed by atoms with E-state index in [2.05, 4.69) is 18.8 Å². The van der Waals surface area contributed by atoms with Crippen LogP contribution in [0.2, 0.25) is 0 Å². The van der Waals surface area contributed by atoms with Gasteiger partial charge in [0, 0.05) is 23.3 Å². The lowest BCUT2D eigenvalue weighted by Crippen LogP contribution is -1.91. The lowest BCUT2D eigenvalue weighted by Gasteiger charge is -2.07. The van der Waals surface area contributed by atoms with E-state index >= 15 is 0 Å². The molecule has 0 atom stereocenters. The number of hydrogen-bond donors (Lipinski definition) is 2. The predicted molar refractivity (Wildman–Crippen MR) is 59.2 cm³/mol. The molecule has 0 amide bonds. The molecule has 15 heavy (non-hydrogen) atoms. The summed E-state index contributed by atoms with van der Waals surface area (Å²) in [6.45, 7) is 4.10. The molecule has 0 saturated carbocycles. The Hall–Kier alpha value is -1.77. The summed E-state index contributed by atoms with van der Waals surface area (Å²) < 4.78 is 0. The number of pyridine rings is 1. The molecule has 0 aliphatic heterocycles. The van der Waals surface area contributed by atoms with Crippen LogP contribution < -0.4 is 0 Å². The molecule has 2 aromatic rings. The number of phenols is 2. The minimum atomic E-state index is 0.0628. The van der Waals surface area contributed by atoms with Crippen molar-refractivity contribution in [2.24, 2.45) is 0 Å². The number of rotatable bonds is 1. The lowest BCUT2D eigenvalue weighted by molar-refractivity contribution is 0.455. The van der Waals surface area contributed by atoms with Crippen molar-refractivity contribution in [1.82, 2.24) is 4.98 Å². The summed E-state index contributed by atoms with van der Waals surface area (Å²) in [4.78, 5) is 4.26. The highest BCUT2D eigenvalue weighted by Gasteiger charge is 2.06. The summed E-state index contributed by atoms with van der Waals surface area (Å²) >= 11 is 0. The minimum absolute atomic E-state index is 0.0628. The van der Waals surface area contributed by atoms with Gasteiger partial charge in [-0.25, -0.2) is 0 Å². The number of nitrogens with zero attached hydrogens (tertiary/aromatic N) is 1. The third-order valence-corrected chi connectivity index (χ3v) is 2.41. The van der Waals surface area contributed by atoms with Gasteiger partial charge in [0.05, 0.1) is 0 Å². The van der Waals surface area contributed by atoms with E-state index in [0.717, 1.165) is 11.1 Å². The van der Waals surface area contributed by atoms with Crippen LogP contribution >= 0.6 is 0 Å². The van der Waals surface area contributed by atoms with Crippen LogP contribution in [0, 0.1) is 0 Å². The van der Waals surface area contributed by atoms with Crippen LogP contribution in [0.3, 0.4) is 0 Å². The minimum Gasteiger partial charge on any atom is -0.508 e. The Morgan fingerprint density at radius 1 is 1.13 bits per heavy atom. The average molecular weight is 203 g/mol. The van der Waals surface area contributed by atoms with E-state index in [4.69, 9.17) is 0 Å². The van der Waals surface area contributed by atoms with E-state index in [0.29, 0.717) is 11.3 Å². The molecule has 0 bridgehead atoms. The molecular formula is C12H13NO2. The zero-order valence-corrected chi connectivity index (χ0v) is 8.73. The molecule has 0 aliphatic rings. The molecule has 1 aromatic carbocycles. The smallest absolute Gasteiger partial charge is 0.128 e. The summed E-state index contributed by atoms with van der Waals surface area (Å²) in [5, 5.41) is 20.4. The molecular weight excluding hydrogens is 190 g/mol. The molecule has 1 aromatic heterocycles. The molecule has 78 valence electrons. The largest absolute Gasteiger partial charge is 0.508 e. The summed E-state index contributed by atoms with van der Waals surface area (Å²) in [6, 6.07) is 4.83. The summed E-state index contributed by atoms with van der Waals surface area (Å²) in [5.74, 6) is 0.465. The van der Waals surface area contributed by atoms with Crippen LogP contribution in [0.4, 0.5) is 0 Å². The quantitative estimate of drug-likeness (QED) is 0.749. The van der Waals surface area contributed by atoms with Crippen molar-refractivity contribution >= 4 is 10.8 Å². The Morgan fingerprint density at radius 2 is 1.87 bits per heavy atom. The molecule has 0 aliphatic carbocycles. The Kier molecular flexibility index (Phi) is 2.23. The second-order valence-corrected chi connectivity index (χ2v) is 3.95. The van der Waals surface area contributed by atoms with E-state index in [9.17, 15) is 10.2 Å². The Balaban J connectivity index is 2.71. The first-order valence-corrected chi connectivity index (χ1v) is 4.89. The van der Waals surface area contributed by atoms with E-state index in [-0.39, 0.29) is 11.5 Å². The normalized spacial score (nSPS) is 11.1. The van der Waals surface area contributed by atoms with Crippen molar-refractivity contribution in [3.63, 3.8) is 0 Å². The molecule has 0 radical (unpaired) electrons. The van der Waals surface area contributed by atoms with Crippen LogP contribution in [-0.4, -0.2) is 15.2 Å². The second kappa shape index (κ2) is 3.42. The number of phenolic OH excluding ortho intramolecular Hbond substituents is 2. The van der Waals surface area contributed by atoms with Gasteiger partial charge < -0.3 is 10.2 Å². The summed E-state index contributed by atoms with van der Waals surface area (Å²) in [5.41, 5.74) is 0.951. The van der Waals surface area contributed by atoms with Gasteiger partial charge in [0.1, 0.15) is 11.5 Å². The number of benzene rings is 1. The maximum absolute atomic E-state index is 9.58. The van der Waals surface area contributed by atoms with Gasteiger partial charge in [-0.1, -0.05) is 13.8 Å². The summed E-state index contributed by atoms with van der Waals surface area (Å²) in [7, 11) is 0. The number of fused-ring (bicyclic) bond motifs is 1. The van der Waals surface area contributed by atoms with Gasteiger partial charge in [-0.05, 0) is 23.4 Å². The molecule has 0 saturated heterocycles. The van der Waals surface area contributed by atoms with Crippen LogP contribution in [0.25, 0.3) is 10.8 Å². The Morgan fingerprint density at radius 3 is 2.53 bits per heavy atom. The third-order valence-electron chi connectivity index (χ3n) is 2.41. The SMILES string of the molecule is CC(C)c1cc2cc(O)cc(O)c2cn1. The third kappa shape index (κ3) is 1.73. The highest BCUT2D eigenvalue weighted by molar-refractivity contribution is 5.89. The zero-order valence-electron chi connectivity index (χ0n) is 8.73. The first-order valence-electron chi connectivity index (χ1n) is 4.89. The van der Waals surface area contributed by atoms with E-state index < -0.39 is 0 Å². The fourth-order valence-electron chi connectivity index (χ4n) is 1.56.